The van der Waals surface area contributed by atoms with Gasteiger partial charge in [-0.3, -0.25) is 4.90 Å². The highest BCUT2D eigenvalue weighted by Crippen LogP contribution is 2.15. The van der Waals surface area contributed by atoms with Crippen molar-refractivity contribution in [2.75, 3.05) is 39.9 Å². The molecule has 3 nitrogen and oxygen atoms in total. The van der Waals surface area contributed by atoms with Gasteiger partial charge >= 0.3 is 0 Å². The Morgan fingerprint density at radius 3 is 2.80 bits per heavy atom. The van der Waals surface area contributed by atoms with E-state index in [4.69, 9.17) is 4.74 Å². The van der Waals surface area contributed by atoms with Crippen LogP contribution in [-0.2, 0) is 4.74 Å². The molecule has 2 aliphatic rings. The first kappa shape index (κ1) is 6.58. The van der Waals surface area contributed by atoms with Crippen molar-refractivity contribution in [1.29, 1.82) is 0 Å². The standard InChI is InChI=1S/C7H14N2O/c1-9-4-7(5-9)6-10-3-2-8-7/h8H,2-6H2,1H3/p+1. The molecule has 0 unspecified atom stereocenters. The molecule has 1 spiro atoms. The Bertz CT molecular complexity index is 116. The number of hydrogen-bond acceptors (Lipinski definition) is 2. The third kappa shape index (κ3) is 0.944. The second kappa shape index (κ2) is 2.19. The summed E-state index contributed by atoms with van der Waals surface area (Å²) in [6.45, 7) is 5.44. The van der Waals surface area contributed by atoms with Gasteiger partial charge in [-0.2, -0.15) is 0 Å². The predicted octanol–water partition coefficient (Wildman–Crippen LogP) is -1.74. The first-order chi connectivity index (χ1) is 4.81. The van der Waals surface area contributed by atoms with Gasteiger partial charge in [0.15, 0.2) is 0 Å². The molecule has 0 bridgehead atoms. The van der Waals surface area contributed by atoms with E-state index in [1.165, 1.54) is 13.1 Å². The minimum absolute atomic E-state index is 0.451. The zero-order valence-corrected chi connectivity index (χ0v) is 6.47. The first-order valence-electron chi connectivity index (χ1n) is 3.91. The zero-order valence-electron chi connectivity index (χ0n) is 6.47. The molecule has 2 saturated heterocycles. The summed E-state index contributed by atoms with van der Waals surface area (Å²) in [4.78, 5) is 2.34. The van der Waals surface area contributed by atoms with Crippen molar-refractivity contribution < 1.29 is 10.1 Å². The van der Waals surface area contributed by atoms with Gasteiger partial charge in [0.1, 0.15) is 12.1 Å². The molecule has 0 radical (unpaired) electrons. The van der Waals surface area contributed by atoms with Gasteiger partial charge in [0.2, 0.25) is 0 Å². The van der Waals surface area contributed by atoms with Gasteiger partial charge < -0.3 is 10.1 Å². The molecule has 2 aliphatic heterocycles. The van der Waals surface area contributed by atoms with E-state index >= 15 is 0 Å². The summed E-state index contributed by atoms with van der Waals surface area (Å²) in [5, 5.41) is 2.44. The van der Waals surface area contributed by atoms with Gasteiger partial charge in [-0.1, -0.05) is 0 Å². The lowest BCUT2D eigenvalue weighted by atomic mass is 9.90. The summed E-state index contributed by atoms with van der Waals surface area (Å²) in [6.07, 6.45) is 0. The predicted molar refractivity (Wildman–Crippen MR) is 37.8 cm³/mol. The molecule has 0 amide bonds. The molecular weight excluding hydrogens is 128 g/mol. The lowest BCUT2D eigenvalue weighted by Crippen LogP contribution is -3.06. The van der Waals surface area contributed by atoms with Crippen molar-refractivity contribution in [1.82, 2.24) is 4.90 Å². The monoisotopic (exact) mass is 143 g/mol. The molecule has 0 aliphatic carbocycles. The van der Waals surface area contributed by atoms with E-state index < -0.39 is 0 Å². The van der Waals surface area contributed by atoms with E-state index in [0.717, 1.165) is 19.8 Å². The van der Waals surface area contributed by atoms with Crippen molar-refractivity contribution in [3.63, 3.8) is 0 Å². The van der Waals surface area contributed by atoms with Crippen LogP contribution < -0.4 is 5.32 Å². The summed E-state index contributed by atoms with van der Waals surface area (Å²) in [5.74, 6) is 0. The molecule has 2 rings (SSSR count). The molecule has 0 aromatic heterocycles. The highest BCUT2D eigenvalue weighted by atomic mass is 16.5. The van der Waals surface area contributed by atoms with Crippen LogP contribution in [0.3, 0.4) is 0 Å². The van der Waals surface area contributed by atoms with Crippen LogP contribution >= 0.6 is 0 Å². The molecular formula is C7H15N2O+. The number of rotatable bonds is 0. The first-order valence-corrected chi connectivity index (χ1v) is 3.91. The maximum absolute atomic E-state index is 5.42. The van der Waals surface area contributed by atoms with Crippen molar-refractivity contribution in [3.8, 4) is 0 Å². The van der Waals surface area contributed by atoms with E-state index in [-0.39, 0.29) is 0 Å². The fourth-order valence-corrected chi connectivity index (χ4v) is 2.03. The summed E-state index contributed by atoms with van der Waals surface area (Å²) in [5.41, 5.74) is 0.451. The molecule has 0 saturated carbocycles. The van der Waals surface area contributed by atoms with Gasteiger partial charge in [-0.25, -0.2) is 0 Å². The molecule has 0 aromatic rings. The molecule has 0 atom stereocenters. The molecule has 2 N–H and O–H groups in total. The summed E-state index contributed by atoms with van der Waals surface area (Å²) in [6, 6.07) is 0. The molecule has 10 heavy (non-hydrogen) atoms. The van der Waals surface area contributed by atoms with Gasteiger partial charge in [-0.15, -0.1) is 0 Å². The van der Waals surface area contributed by atoms with Crippen molar-refractivity contribution >= 4 is 0 Å². The number of quaternary nitrogens is 1. The van der Waals surface area contributed by atoms with E-state index in [1.54, 1.807) is 0 Å². The Balaban J connectivity index is 1.90. The number of likely N-dealkylation sites (tertiary alicyclic amines) is 1. The molecule has 3 heteroatoms. The third-order valence-electron chi connectivity index (χ3n) is 2.40. The normalized spacial score (nSPS) is 32.1. The average molecular weight is 143 g/mol. The van der Waals surface area contributed by atoms with E-state index in [2.05, 4.69) is 17.3 Å². The second-order valence-electron chi connectivity index (χ2n) is 3.58. The van der Waals surface area contributed by atoms with Crippen LogP contribution in [0.4, 0.5) is 0 Å². The van der Waals surface area contributed by atoms with Crippen molar-refractivity contribution in [2.45, 2.75) is 5.54 Å². The molecule has 2 fully saturated rings. The Morgan fingerprint density at radius 1 is 1.50 bits per heavy atom. The molecule has 58 valence electrons. The zero-order chi connectivity index (χ0) is 7.03. The van der Waals surface area contributed by atoms with Crippen LogP contribution in [0.25, 0.3) is 0 Å². The maximum atomic E-state index is 5.42. The van der Waals surface area contributed by atoms with Crippen LogP contribution in [0.2, 0.25) is 0 Å². The number of morpholine rings is 1. The minimum Gasteiger partial charge on any atom is -0.369 e. The van der Waals surface area contributed by atoms with Gasteiger partial charge in [-0.05, 0) is 7.05 Å². The number of nitrogens with zero attached hydrogens (tertiary/aromatic N) is 1. The summed E-state index contributed by atoms with van der Waals surface area (Å²) < 4.78 is 5.42. The van der Waals surface area contributed by atoms with Crippen LogP contribution in [0, 0.1) is 0 Å². The van der Waals surface area contributed by atoms with Crippen LogP contribution in [0.1, 0.15) is 0 Å². The number of hydrogen-bond donors (Lipinski definition) is 1. The van der Waals surface area contributed by atoms with E-state index in [9.17, 15) is 0 Å². The fraction of sp³-hybridized carbons (Fsp3) is 1.00. The SMILES string of the molecule is CN1CC2(COCC[NH2+]2)C1. The fourth-order valence-electron chi connectivity index (χ4n) is 2.03. The minimum atomic E-state index is 0.451. The van der Waals surface area contributed by atoms with Crippen LogP contribution in [0.15, 0.2) is 0 Å². The lowest BCUT2D eigenvalue weighted by molar-refractivity contribution is -0.754. The highest BCUT2D eigenvalue weighted by Gasteiger charge is 2.46. The van der Waals surface area contributed by atoms with E-state index in [1.807, 2.05) is 0 Å². The highest BCUT2D eigenvalue weighted by molar-refractivity contribution is 4.93. The topological polar surface area (TPSA) is 29.1 Å². The van der Waals surface area contributed by atoms with Crippen molar-refractivity contribution in [3.05, 3.63) is 0 Å². The Hall–Kier alpha value is -0.120. The van der Waals surface area contributed by atoms with Crippen molar-refractivity contribution in [2.24, 2.45) is 0 Å². The molecule has 0 aromatic carbocycles. The Morgan fingerprint density at radius 2 is 2.30 bits per heavy atom. The average Bonchev–Trinajstić information content (AvgIpc) is 1.87. The lowest BCUT2D eigenvalue weighted by Gasteiger charge is -2.47. The maximum Gasteiger partial charge on any atom is 0.145 e. The second-order valence-corrected chi connectivity index (χ2v) is 3.58. The Labute approximate surface area is 61.3 Å². The summed E-state index contributed by atoms with van der Waals surface area (Å²) in [7, 11) is 2.16. The quantitative estimate of drug-likeness (QED) is 0.436. The van der Waals surface area contributed by atoms with E-state index in [0.29, 0.717) is 5.54 Å². The number of nitrogens with two attached hydrogens (primary N) is 1. The largest absolute Gasteiger partial charge is 0.369 e. The smallest absolute Gasteiger partial charge is 0.145 e. The van der Waals surface area contributed by atoms with Gasteiger partial charge in [0.25, 0.3) is 0 Å². The Kier molecular flexibility index (Phi) is 1.44. The van der Waals surface area contributed by atoms with Gasteiger partial charge in [0.05, 0.1) is 26.2 Å². The van der Waals surface area contributed by atoms with Crippen LogP contribution in [-0.4, -0.2) is 50.3 Å². The summed E-state index contributed by atoms with van der Waals surface area (Å²) >= 11 is 0. The number of likely N-dealkylation sites (N-methyl/N-ethyl adjacent to an activating group) is 1. The van der Waals surface area contributed by atoms with Crippen LogP contribution in [0.5, 0.6) is 0 Å². The molecule has 2 heterocycles. The number of ether oxygens (including phenoxy) is 1. The third-order valence-corrected chi connectivity index (χ3v) is 2.40. The van der Waals surface area contributed by atoms with Gasteiger partial charge in [0, 0.05) is 0 Å².